The second-order valence-corrected chi connectivity index (χ2v) is 12.5. The maximum atomic E-state index is 14.3. The predicted octanol–water partition coefficient (Wildman–Crippen LogP) is 6.09. The lowest BCUT2D eigenvalue weighted by Gasteiger charge is -2.47. The van der Waals surface area contributed by atoms with Crippen LogP contribution in [0.5, 0.6) is 0 Å². The van der Waals surface area contributed by atoms with E-state index in [9.17, 15) is 14.0 Å². The molecular formula is C32H36ClFN6O3. The number of rotatable bonds is 6. The van der Waals surface area contributed by atoms with Crippen LogP contribution in [0.3, 0.4) is 0 Å². The van der Waals surface area contributed by atoms with Gasteiger partial charge in [0.25, 0.3) is 5.91 Å². The lowest BCUT2D eigenvalue weighted by Crippen LogP contribution is -2.61. The van der Waals surface area contributed by atoms with E-state index in [2.05, 4.69) is 28.7 Å². The number of methoxy groups -OCH3 is 1. The van der Waals surface area contributed by atoms with Crippen molar-refractivity contribution in [2.45, 2.75) is 53.6 Å². The van der Waals surface area contributed by atoms with Crippen molar-refractivity contribution >= 4 is 40.3 Å². The fraction of sp³-hybridized carbons (Fsp3) is 0.406. The number of nitrogens with zero attached hydrogens (tertiary/aromatic N) is 6. The number of hydrogen-bond acceptors (Lipinski definition) is 7. The number of esters is 1. The van der Waals surface area contributed by atoms with Crippen LogP contribution in [0.15, 0.2) is 36.7 Å². The highest BCUT2D eigenvalue weighted by atomic mass is 35.5. The molecule has 0 saturated carbocycles. The van der Waals surface area contributed by atoms with E-state index in [1.54, 1.807) is 24.1 Å². The Labute approximate surface area is 255 Å². The lowest BCUT2D eigenvalue weighted by molar-refractivity contribution is 0.0500. The number of carbonyl (C=O) groups excluding carboxylic acids is 2. The first-order valence-corrected chi connectivity index (χ1v) is 14.6. The number of benzene rings is 1. The van der Waals surface area contributed by atoms with E-state index in [-0.39, 0.29) is 16.8 Å². The lowest BCUT2D eigenvalue weighted by atomic mass is 9.98. The smallest absolute Gasteiger partial charge is 0.339 e. The number of halogens is 2. The fourth-order valence-electron chi connectivity index (χ4n) is 5.83. The van der Waals surface area contributed by atoms with Crippen LogP contribution in [0, 0.1) is 25.6 Å². The van der Waals surface area contributed by atoms with Crippen LogP contribution in [-0.2, 0) is 11.3 Å². The second-order valence-electron chi connectivity index (χ2n) is 12.1. The van der Waals surface area contributed by atoms with Crippen LogP contribution in [-0.4, -0.2) is 68.6 Å². The molecule has 1 aromatic carbocycles. The molecule has 11 heteroatoms. The Hall–Kier alpha value is -4.05. The monoisotopic (exact) mass is 606 g/mol. The van der Waals surface area contributed by atoms with E-state index >= 15 is 0 Å². The van der Waals surface area contributed by atoms with Gasteiger partial charge in [-0.1, -0.05) is 31.5 Å². The molecule has 1 amide bonds. The minimum Gasteiger partial charge on any atom is -0.465 e. The Balaban J connectivity index is 1.44. The maximum Gasteiger partial charge on any atom is 0.339 e. The highest BCUT2D eigenvalue weighted by Gasteiger charge is 2.39. The molecule has 43 heavy (non-hydrogen) atoms. The molecule has 1 saturated heterocycles. The van der Waals surface area contributed by atoms with Crippen molar-refractivity contribution < 1.29 is 18.7 Å². The number of aromatic nitrogens is 4. The van der Waals surface area contributed by atoms with Crippen LogP contribution in [0.25, 0.3) is 22.2 Å². The molecule has 3 aromatic heterocycles. The zero-order valence-electron chi connectivity index (χ0n) is 25.5. The molecule has 0 unspecified atom stereocenters. The number of ether oxygens (including phenoxy) is 1. The number of hydrogen-bond donors (Lipinski definition) is 0. The van der Waals surface area contributed by atoms with E-state index in [4.69, 9.17) is 21.3 Å². The van der Waals surface area contributed by atoms with Crippen molar-refractivity contribution in [3.8, 4) is 11.1 Å². The zero-order valence-corrected chi connectivity index (χ0v) is 26.3. The van der Waals surface area contributed by atoms with Crippen LogP contribution < -0.4 is 4.90 Å². The largest absolute Gasteiger partial charge is 0.465 e. The quantitative estimate of drug-likeness (QED) is 0.245. The standard InChI is InChI=1S/C32H36ClFN6O3/c1-18(2)15-39-16-23(21-8-9-24(33)25(34)13-21)22-14-35-28(37-29(22)39)30(41)40-11-10-38(17-32(40,5)6)26-12-19(3)27(20(4)36-26)31(42)43-7/h8-9,12-14,16,18H,10-11,15,17H2,1-7H3. The molecular weight excluding hydrogens is 571 g/mol. The summed E-state index contributed by atoms with van der Waals surface area (Å²) >= 11 is 5.92. The van der Waals surface area contributed by atoms with Crippen molar-refractivity contribution in [2.24, 2.45) is 5.92 Å². The molecule has 1 aliphatic heterocycles. The summed E-state index contributed by atoms with van der Waals surface area (Å²) < 4.78 is 21.2. The molecule has 0 spiro atoms. The Morgan fingerprint density at radius 3 is 2.51 bits per heavy atom. The van der Waals surface area contributed by atoms with Gasteiger partial charge in [0.1, 0.15) is 17.3 Å². The number of amides is 1. The van der Waals surface area contributed by atoms with Gasteiger partial charge in [-0.15, -0.1) is 0 Å². The number of fused-ring (bicyclic) bond motifs is 1. The summed E-state index contributed by atoms with van der Waals surface area (Å²) in [5.41, 5.74) is 3.35. The molecule has 0 bridgehead atoms. The fourth-order valence-corrected chi connectivity index (χ4v) is 5.95. The predicted molar refractivity (Wildman–Crippen MR) is 165 cm³/mol. The van der Waals surface area contributed by atoms with E-state index < -0.39 is 17.3 Å². The van der Waals surface area contributed by atoms with Crippen molar-refractivity contribution in [1.29, 1.82) is 0 Å². The molecule has 1 aliphatic rings. The molecule has 0 N–H and O–H groups in total. The van der Waals surface area contributed by atoms with Gasteiger partial charge in [-0.25, -0.2) is 24.1 Å². The number of carbonyl (C=O) groups is 2. The minimum absolute atomic E-state index is 0.0563. The summed E-state index contributed by atoms with van der Waals surface area (Å²) in [6.07, 6.45) is 3.58. The Morgan fingerprint density at radius 2 is 1.88 bits per heavy atom. The Bertz CT molecular complexity index is 1710. The molecule has 0 atom stereocenters. The molecule has 9 nitrogen and oxygen atoms in total. The number of pyridine rings is 1. The Kier molecular flexibility index (Phi) is 8.17. The van der Waals surface area contributed by atoms with Gasteiger partial charge in [-0.2, -0.15) is 0 Å². The van der Waals surface area contributed by atoms with Crippen molar-refractivity contribution in [2.75, 3.05) is 31.6 Å². The van der Waals surface area contributed by atoms with E-state index in [1.807, 2.05) is 37.6 Å². The first-order chi connectivity index (χ1) is 20.3. The molecule has 5 rings (SSSR count). The average molecular weight is 607 g/mol. The van der Waals surface area contributed by atoms with Crippen LogP contribution in [0.4, 0.5) is 10.2 Å². The number of piperazine rings is 1. The molecule has 4 heterocycles. The van der Waals surface area contributed by atoms with Gasteiger partial charge in [0.15, 0.2) is 0 Å². The van der Waals surface area contributed by atoms with Gasteiger partial charge in [-0.3, -0.25) is 4.79 Å². The number of anilines is 1. The first-order valence-electron chi connectivity index (χ1n) is 14.3. The zero-order chi connectivity index (χ0) is 31.2. The third-order valence-corrected chi connectivity index (χ3v) is 8.15. The molecule has 4 aromatic rings. The van der Waals surface area contributed by atoms with Gasteiger partial charge in [-0.05, 0) is 62.9 Å². The van der Waals surface area contributed by atoms with Crippen molar-refractivity contribution in [1.82, 2.24) is 24.4 Å². The van der Waals surface area contributed by atoms with E-state index in [0.717, 1.165) is 22.3 Å². The average Bonchev–Trinajstić information content (AvgIpc) is 3.29. The topological polar surface area (TPSA) is 93.5 Å². The van der Waals surface area contributed by atoms with Crippen LogP contribution >= 0.6 is 11.6 Å². The molecule has 1 fully saturated rings. The Morgan fingerprint density at radius 1 is 1.14 bits per heavy atom. The normalized spacial score (nSPS) is 14.9. The summed E-state index contributed by atoms with van der Waals surface area (Å²) in [5, 5.41) is 0.788. The minimum atomic E-state index is -0.565. The van der Waals surface area contributed by atoms with Gasteiger partial charge in [0.2, 0.25) is 5.82 Å². The van der Waals surface area contributed by atoms with Crippen molar-refractivity contribution in [3.05, 3.63) is 70.1 Å². The third-order valence-electron chi connectivity index (χ3n) is 7.84. The summed E-state index contributed by atoms with van der Waals surface area (Å²) in [4.78, 5) is 44.0. The van der Waals surface area contributed by atoms with Crippen molar-refractivity contribution in [3.63, 3.8) is 0 Å². The SMILES string of the molecule is COC(=O)c1c(C)cc(N2CCN(C(=O)c3ncc4c(-c5ccc(Cl)c(F)c5)cn(CC(C)C)c4n3)C(C)(C)C2)nc1C. The van der Waals surface area contributed by atoms with E-state index in [1.165, 1.54) is 19.2 Å². The van der Waals surface area contributed by atoms with Gasteiger partial charge < -0.3 is 19.1 Å². The summed E-state index contributed by atoms with van der Waals surface area (Å²) in [6, 6.07) is 6.58. The second kappa shape index (κ2) is 11.6. The highest BCUT2D eigenvalue weighted by Crippen LogP contribution is 2.33. The van der Waals surface area contributed by atoms with Crippen LogP contribution in [0.1, 0.15) is 59.9 Å². The molecule has 0 aliphatic carbocycles. The maximum absolute atomic E-state index is 14.3. The summed E-state index contributed by atoms with van der Waals surface area (Å²) in [6.45, 7) is 14.1. The highest BCUT2D eigenvalue weighted by molar-refractivity contribution is 6.30. The van der Waals surface area contributed by atoms with Gasteiger partial charge in [0.05, 0.1) is 28.9 Å². The summed E-state index contributed by atoms with van der Waals surface area (Å²) in [7, 11) is 1.36. The molecule has 226 valence electrons. The van der Waals surface area contributed by atoms with Crippen LogP contribution in [0.2, 0.25) is 5.02 Å². The summed E-state index contributed by atoms with van der Waals surface area (Å²) in [5.74, 6) is 0.00137. The van der Waals surface area contributed by atoms with E-state index in [0.29, 0.717) is 54.6 Å². The molecule has 0 radical (unpaired) electrons. The van der Waals surface area contributed by atoms with Gasteiger partial charge in [0, 0.05) is 49.5 Å². The third kappa shape index (κ3) is 5.80. The number of aryl methyl sites for hydroxylation is 2. The van der Waals surface area contributed by atoms with Gasteiger partial charge >= 0.3 is 5.97 Å². The first kappa shape index (κ1) is 30.4.